The first-order valence-corrected chi connectivity index (χ1v) is 7.56. The fraction of sp³-hybridized carbons (Fsp3) is 0.385. The molecule has 0 radical (unpaired) electrons. The normalized spacial score (nSPS) is 12.3. The van der Waals surface area contributed by atoms with Gasteiger partial charge >= 0.3 is 5.97 Å². The van der Waals surface area contributed by atoms with E-state index in [-0.39, 0.29) is 11.7 Å². The van der Waals surface area contributed by atoms with Gasteiger partial charge in [-0.3, -0.25) is 4.79 Å². The first-order chi connectivity index (χ1) is 9.65. The van der Waals surface area contributed by atoms with Crippen LogP contribution in [0, 0.1) is 0 Å². The van der Waals surface area contributed by atoms with Gasteiger partial charge in [0.15, 0.2) is 5.82 Å². The lowest BCUT2D eigenvalue weighted by Crippen LogP contribution is -2.10. The number of benzene rings is 1. The Morgan fingerprint density at radius 1 is 1.40 bits per heavy atom. The van der Waals surface area contributed by atoms with Gasteiger partial charge in [0.2, 0.25) is 0 Å². The van der Waals surface area contributed by atoms with E-state index in [1.807, 2.05) is 30.5 Å². The van der Waals surface area contributed by atoms with Crippen LogP contribution >= 0.6 is 11.8 Å². The van der Waals surface area contributed by atoms with Crippen LogP contribution in [0.15, 0.2) is 24.3 Å². The van der Waals surface area contributed by atoms with Crippen molar-refractivity contribution in [3.8, 4) is 5.69 Å². The van der Waals surface area contributed by atoms with Crippen molar-refractivity contribution in [2.75, 3.05) is 6.26 Å². The second kappa shape index (κ2) is 6.51. The molecule has 1 N–H and O–H groups in total. The molecular weight excluding hydrogens is 276 g/mol. The van der Waals surface area contributed by atoms with Crippen LogP contribution in [0.1, 0.15) is 30.0 Å². The topological polar surface area (TPSA) is 80.9 Å². The third-order valence-electron chi connectivity index (χ3n) is 3.02. The van der Waals surface area contributed by atoms with Crippen molar-refractivity contribution in [3.05, 3.63) is 35.7 Å². The second-order valence-electron chi connectivity index (χ2n) is 4.29. The second-order valence-corrected chi connectivity index (χ2v) is 5.33. The van der Waals surface area contributed by atoms with Crippen molar-refractivity contribution < 1.29 is 9.90 Å². The molecule has 0 spiro atoms. The Morgan fingerprint density at radius 3 is 2.65 bits per heavy atom. The molecule has 2 rings (SSSR count). The van der Waals surface area contributed by atoms with Crippen LogP contribution in [0.2, 0.25) is 0 Å². The highest BCUT2D eigenvalue weighted by Gasteiger charge is 2.21. The van der Waals surface area contributed by atoms with Crippen molar-refractivity contribution in [2.24, 2.45) is 0 Å². The number of nitrogens with zero attached hydrogens (tertiary/aromatic N) is 4. The number of tetrazole rings is 1. The predicted molar refractivity (Wildman–Crippen MR) is 77.0 cm³/mol. The van der Waals surface area contributed by atoms with E-state index in [2.05, 4.69) is 22.4 Å². The number of carboxylic acid groups (broad SMARTS) is 1. The van der Waals surface area contributed by atoms with Crippen LogP contribution in [0.3, 0.4) is 0 Å². The summed E-state index contributed by atoms with van der Waals surface area (Å²) >= 11 is 1.43. The molecule has 1 aromatic carbocycles. The quantitative estimate of drug-likeness (QED) is 0.878. The largest absolute Gasteiger partial charge is 0.481 e. The Kier molecular flexibility index (Phi) is 4.73. The van der Waals surface area contributed by atoms with Crippen LogP contribution in [0.4, 0.5) is 0 Å². The van der Waals surface area contributed by atoms with Crippen LogP contribution in [0.25, 0.3) is 5.69 Å². The summed E-state index contributed by atoms with van der Waals surface area (Å²) in [6.07, 6.45) is 2.82. The summed E-state index contributed by atoms with van der Waals surface area (Å²) in [5, 5.41) is 20.3. The van der Waals surface area contributed by atoms with E-state index in [1.165, 1.54) is 17.3 Å². The van der Waals surface area contributed by atoms with Crippen LogP contribution < -0.4 is 0 Å². The summed E-state index contributed by atoms with van der Waals surface area (Å²) in [5.41, 5.74) is 2.07. The number of rotatable bonds is 6. The predicted octanol–water partition coefficient (Wildman–Crippen LogP) is 2.10. The van der Waals surface area contributed by atoms with Gasteiger partial charge in [0.1, 0.15) is 0 Å². The molecule has 0 aliphatic carbocycles. The smallest absolute Gasteiger partial charge is 0.304 e. The van der Waals surface area contributed by atoms with Gasteiger partial charge in [-0.15, -0.1) is 5.10 Å². The van der Waals surface area contributed by atoms with Crippen molar-refractivity contribution >= 4 is 17.7 Å². The fourth-order valence-electron chi connectivity index (χ4n) is 1.89. The highest BCUT2D eigenvalue weighted by atomic mass is 32.2. The zero-order valence-corrected chi connectivity index (χ0v) is 12.2. The molecule has 6 nitrogen and oxygen atoms in total. The minimum atomic E-state index is -0.861. The highest BCUT2D eigenvalue weighted by molar-refractivity contribution is 7.98. The SMILES string of the molecule is CCc1ccc(-n2nnnc2C(CC(=O)O)SC)cc1. The Balaban J connectivity index is 2.33. The molecule has 1 aromatic heterocycles. The average Bonchev–Trinajstić information content (AvgIpc) is 2.94. The molecule has 0 bridgehead atoms. The summed E-state index contributed by atoms with van der Waals surface area (Å²) in [7, 11) is 0. The molecule has 2 aromatic rings. The first-order valence-electron chi connectivity index (χ1n) is 6.28. The molecule has 1 unspecified atom stereocenters. The van der Waals surface area contributed by atoms with Crippen molar-refractivity contribution in [2.45, 2.75) is 25.0 Å². The highest BCUT2D eigenvalue weighted by Crippen LogP contribution is 2.29. The maximum absolute atomic E-state index is 10.9. The van der Waals surface area contributed by atoms with E-state index < -0.39 is 5.97 Å². The zero-order valence-electron chi connectivity index (χ0n) is 11.4. The summed E-state index contributed by atoms with van der Waals surface area (Å²) in [6, 6.07) is 7.92. The summed E-state index contributed by atoms with van der Waals surface area (Å²) in [6.45, 7) is 2.09. The minimum absolute atomic E-state index is 0.00537. The molecule has 0 amide bonds. The number of carbonyl (C=O) groups is 1. The van der Waals surface area contributed by atoms with Gasteiger partial charge in [0.05, 0.1) is 17.4 Å². The molecule has 7 heteroatoms. The fourth-order valence-corrected chi connectivity index (χ4v) is 2.56. The minimum Gasteiger partial charge on any atom is -0.481 e. The number of aromatic nitrogens is 4. The van der Waals surface area contributed by atoms with E-state index in [0.29, 0.717) is 5.82 Å². The molecule has 1 heterocycles. The molecule has 0 saturated carbocycles. The maximum atomic E-state index is 10.9. The van der Waals surface area contributed by atoms with E-state index in [9.17, 15) is 4.79 Å². The van der Waals surface area contributed by atoms with Crippen molar-refractivity contribution in [3.63, 3.8) is 0 Å². The maximum Gasteiger partial charge on any atom is 0.304 e. The molecule has 0 fully saturated rings. The van der Waals surface area contributed by atoms with E-state index >= 15 is 0 Å². The van der Waals surface area contributed by atoms with Gasteiger partial charge in [-0.1, -0.05) is 19.1 Å². The first kappa shape index (κ1) is 14.5. The van der Waals surface area contributed by atoms with E-state index in [1.54, 1.807) is 4.68 Å². The zero-order chi connectivity index (χ0) is 14.5. The molecule has 0 saturated heterocycles. The van der Waals surface area contributed by atoms with Crippen LogP contribution in [-0.4, -0.2) is 37.5 Å². The van der Waals surface area contributed by atoms with Crippen LogP contribution in [0.5, 0.6) is 0 Å². The van der Waals surface area contributed by atoms with E-state index in [4.69, 9.17) is 5.11 Å². The molecule has 1 atom stereocenters. The lowest BCUT2D eigenvalue weighted by Gasteiger charge is -2.12. The van der Waals surface area contributed by atoms with E-state index in [0.717, 1.165) is 12.1 Å². The Hall–Kier alpha value is -1.89. The molecular formula is C13H16N4O2S. The Bertz CT molecular complexity index is 582. The summed E-state index contributed by atoms with van der Waals surface area (Å²) in [4.78, 5) is 10.9. The van der Waals surface area contributed by atoms with Gasteiger partial charge in [-0.2, -0.15) is 16.4 Å². The summed E-state index contributed by atoms with van der Waals surface area (Å²) < 4.78 is 1.60. The van der Waals surface area contributed by atoms with Gasteiger partial charge < -0.3 is 5.11 Å². The lowest BCUT2D eigenvalue weighted by molar-refractivity contribution is -0.137. The third kappa shape index (κ3) is 3.16. The monoisotopic (exact) mass is 292 g/mol. The number of aryl methyl sites for hydroxylation is 1. The number of aliphatic carboxylic acids is 1. The van der Waals surface area contributed by atoms with Gasteiger partial charge in [0, 0.05) is 0 Å². The molecule has 0 aliphatic rings. The number of hydrogen-bond donors (Lipinski definition) is 1. The molecule has 0 aliphatic heterocycles. The van der Waals surface area contributed by atoms with Gasteiger partial charge in [-0.05, 0) is 40.8 Å². The van der Waals surface area contributed by atoms with Crippen molar-refractivity contribution in [1.82, 2.24) is 20.2 Å². The van der Waals surface area contributed by atoms with Gasteiger partial charge in [-0.25, -0.2) is 0 Å². The number of carboxylic acids is 1. The number of thioether (sulfide) groups is 1. The Morgan fingerprint density at radius 2 is 2.10 bits per heavy atom. The summed E-state index contributed by atoms with van der Waals surface area (Å²) in [5.74, 6) is -0.302. The number of hydrogen-bond acceptors (Lipinski definition) is 5. The molecule has 106 valence electrons. The van der Waals surface area contributed by atoms with Crippen LogP contribution in [-0.2, 0) is 11.2 Å². The third-order valence-corrected chi connectivity index (χ3v) is 3.96. The Labute approximate surface area is 121 Å². The standard InChI is InChI=1S/C13H16N4O2S/c1-3-9-4-6-10(7-5-9)17-13(14-15-16-17)11(20-2)8-12(18)19/h4-7,11H,3,8H2,1-2H3,(H,18,19). The molecule has 20 heavy (non-hydrogen) atoms. The van der Waals surface area contributed by atoms with Gasteiger partial charge in [0.25, 0.3) is 0 Å². The average molecular weight is 292 g/mol. The lowest BCUT2D eigenvalue weighted by atomic mass is 10.1. The van der Waals surface area contributed by atoms with Crippen molar-refractivity contribution in [1.29, 1.82) is 0 Å².